The Hall–Kier alpha value is -1.46. The van der Waals surface area contributed by atoms with Gasteiger partial charge in [-0.2, -0.15) is 0 Å². The minimum atomic E-state index is -0.190. The molecule has 0 aromatic heterocycles. The molecule has 4 nitrogen and oxygen atoms in total. The Balaban J connectivity index is 1.54. The summed E-state index contributed by atoms with van der Waals surface area (Å²) in [5.74, 6) is 0.0694. The first-order chi connectivity index (χ1) is 11.2. The molecular formula is C18H23FN2O2. The van der Waals surface area contributed by atoms with Crippen LogP contribution in [0.1, 0.15) is 31.2 Å². The van der Waals surface area contributed by atoms with E-state index in [-0.39, 0.29) is 23.9 Å². The van der Waals surface area contributed by atoms with Crippen LogP contribution in [0.4, 0.5) is 4.39 Å². The van der Waals surface area contributed by atoms with Crippen LogP contribution < -0.4 is 0 Å². The number of hydrogen-bond donors (Lipinski definition) is 0. The normalized spacial score (nSPS) is 31.6. The number of hydrogen-bond acceptors (Lipinski definition) is 3. The smallest absolute Gasteiger partial charge is 0.223 e. The van der Waals surface area contributed by atoms with Crippen LogP contribution in [0.2, 0.25) is 0 Å². The molecular weight excluding hydrogens is 295 g/mol. The average molecular weight is 318 g/mol. The molecule has 1 amide bonds. The van der Waals surface area contributed by atoms with E-state index in [0.29, 0.717) is 12.5 Å². The van der Waals surface area contributed by atoms with Crippen LogP contribution in [-0.2, 0) is 16.1 Å². The molecule has 3 atom stereocenters. The molecule has 3 aliphatic rings. The largest absolute Gasteiger partial charge is 0.374 e. The van der Waals surface area contributed by atoms with E-state index in [2.05, 4.69) is 4.90 Å². The van der Waals surface area contributed by atoms with E-state index >= 15 is 0 Å². The Morgan fingerprint density at radius 3 is 2.96 bits per heavy atom. The van der Waals surface area contributed by atoms with Crippen LogP contribution in [0.5, 0.6) is 0 Å². The van der Waals surface area contributed by atoms with Gasteiger partial charge in [-0.3, -0.25) is 9.69 Å². The molecule has 5 heteroatoms. The highest BCUT2D eigenvalue weighted by molar-refractivity contribution is 5.78. The van der Waals surface area contributed by atoms with Crippen LogP contribution >= 0.6 is 0 Å². The number of halogens is 1. The maximum Gasteiger partial charge on any atom is 0.223 e. The zero-order valence-corrected chi connectivity index (χ0v) is 13.3. The summed E-state index contributed by atoms with van der Waals surface area (Å²) >= 11 is 0. The van der Waals surface area contributed by atoms with Crippen molar-refractivity contribution in [3.63, 3.8) is 0 Å². The fraction of sp³-hybridized carbons (Fsp3) is 0.611. The molecule has 124 valence electrons. The monoisotopic (exact) mass is 318 g/mol. The predicted octanol–water partition coefficient (Wildman–Crippen LogP) is 2.18. The fourth-order valence-electron chi connectivity index (χ4n) is 4.37. The molecule has 0 bridgehead atoms. The summed E-state index contributed by atoms with van der Waals surface area (Å²) in [6, 6.07) is 7.31. The molecule has 3 saturated heterocycles. The Morgan fingerprint density at radius 1 is 1.26 bits per heavy atom. The summed E-state index contributed by atoms with van der Waals surface area (Å²) in [5.41, 5.74) is 0.989. The number of amides is 1. The Morgan fingerprint density at radius 2 is 2.17 bits per heavy atom. The van der Waals surface area contributed by atoms with Crippen LogP contribution in [-0.4, -0.2) is 53.6 Å². The molecule has 0 radical (unpaired) electrons. The molecule has 0 spiro atoms. The topological polar surface area (TPSA) is 32.8 Å². The van der Waals surface area contributed by atoms with Crippen molar-refractivity contribution >= 4 is 5.91 Å². The van der Waals surface area contributed by atoms with Crippen molar-refractivity contribution in [1.29, 1.82) is 0 Å². The second-order valence-corrected chi connectivity index (χ2v) is 6.86. The van der Waals surface area contributed by atoms with E-state index in [1.165, 1.54) is 6.07 Å². The van der Waals surface area contributed by atoms with Gasteiger partial charge in [-0.15, -0.1) is 0 Å². The lowest BCUT2D eigenvalue weighted by Crippen LogP contribution is -2.48. The first-order valence-electron chi connectivity index (χ1n) is 8.62. The van der Waals surface area contributed by atoms with Gasteiger partial charge in [0.1, 0.15) is 5.82 Å². The molecule has 0 saturated carbocycles. The number of fused-ring (bicyclic) bond motifs is 1. The predicted molar refractivity (Wildman–Crippen MR) is 84.3 cm³/mol. The molecule has 1 aromatic rings. The van der Waals surface area contributed by atoms with Crippen LogP contribution in [0, 0.1) is 5.82 Å². The number of likely N-dealkylation sites (tertiary alicyclic amines) is 2. The van der Waals surface area contributed by atoms with Crippen LogP contribution in [0.25, 0.3) is 0 Å². The summed E-state index contributed by atoms with van der Waals surface area (Å²) in [7, 11) is 0. The molecule has 0 N–H and O–H groups in total. The summed E-state index contributed by atoms with van der Waals surface area (Å²) in [6.45, 7) is 3.19. The standard InChI is InChI=1S/C18H23FN2O2/c19-14-5-1-4-13(10-14)11-20-12-16(21-8-2-7-17(21)22)18-15(20)6-3-9-23-18/h1,4-5,10,15-16,18H,2-3,6-9,11-12H2/t15-,16-,18+/m1/s1. The third-order valence-electron chi connectivity index (χ3n) is 5.39. The Kier molecular flexibility index (Phi) is 4.07. The van der Waals surface area contributed by atoms with Gasteiger partial charge in [0, 0.05) is 38.7 Å². The third-order valence-corrected chi connectivity index (χ3v) is 5.39. The van der Waals surface area contributed by atoms with E-state index < -0.39 is 0 Å². The van der Waals surface area contributed by atoms with E-state index in [0.717, 1.165) is 51.1 Å². The number of rotatable bonds is 3. The van der Waals surface area contributed by atoms with E-state index in [4.69, 9.17) is 4.74 Å². The highest BCUT2D eigenvalue weighted by atomic mass is 19.1. The van der Waals surface area contributed by atoms with Gasteiger partial charge in [-0.25, -0.2) is 4.39 Å². The summed E-state index contributed by atoms with van der Waals surface area (Å²) in [6.07, 6.45) is 3.88. The quantitative estimate of drug-likeness (QED) is 0.856. The maximum absolute atomic E-state index is 13.5. The minimum absolute atomic E-state index is 0.111. The third kappa shape index (κ3) is 2.88. The zero-order valence-electron chi connectivity index (χ0n) is 13.3. The Labute approximate surface area is 136 Å². The lowest BCUT2D eigenvalue weighted by Gasteiger charge is -2.34. The van der Waals surface area contributed by atoms with Crippen molar-refractivity contribution in [3.8, 4) is 0 Å². The minimum Gasteiger partial charge on any atom is -0.374 e. The molecule has 3 heterocycles. The molecule has 3 fully saturated rings. The van der Waals surface area contributed by atoms with E-state index in [1.54, 1.807) is 12.1 Å². The molecule has 23 heavy (non-hydrogen) atoms. The SMILES string of the molecule is O=C1CCCN1[C@@H]1CN(Cc2cccc(F)c2)[C@@H]2CCCO[C@@H]21. The second kappa shape index (κ2) is 6.21. The lowest BCUT2D eigenvalue weighted by atomic mass is 10.00. The highest BCUT2D eigenvalue weighted by Gasteiger charge is 2.48. The van der Waals surface area contributed by atoms with Crippen molar-refractivity contribution in [1.82, 2.24) is 9.80 Å². The number of benzene rings is 1. The molecule has 0 aliphatic carbocycles. The summed E-state index contributed by atoms with van der Waals surface area (Å²) in [5, 5.41) is 0. The number of ether oxygens (including phenoxy) is 1. The summed E-state index contributed by atoms with van der Waals surface area (Å²) in [4.78, 5) is 16.6. The second-order valence-electron chi connectivity index (χ2n) is 6.86. The van der Waals surface area contributed by atoms with Gasteiger partial charge in [0.05, 0.1) is 12.1 Å². The van der Waals surface area contributed by atoms with Gasteiger partial charge in [0.2, 0.25) is 5.91 Å². The van der Waals surface area contributed by atoms with Crippen molar-refractivity contribution in [2.45, 2.75) is 50.4 Å². The molecule has 1 aromatic carbocycles. The lowest BCUT2D eigenvalue weighted by molar-refractivity contribution is -0.132. The number of carbonyl (C=O) groups excluding carboxylic acids is 1. The number of nitrogens with zero attached hydrogens (tertiary/aromatic N) is 2. The van der Waals surface area contributed by atoms with E-state index in [9.17, 15) is 9.18 Å². The van der Waals surface area contributed by atoms with Gasteiger partial charge >= 0.3 is 0 Å². The fourth-order valence-corrected chi connectivity index (χ4v) is 4.37. The first kappa shape index (κ1) is 15.1. The van der Waals surface area contributed by atoms with Crippen molar-refractivity contribution < 1.29 is 13.9 Å². The van der Waals surface area contributed by atoms with Crippen molar-refractivity contribution in [2.24, 2.45) is 0 Å². The molecule has 0 unspecified atom stereocenters. The zero-order chi connectivity index (χ0) is 15.8. The number of carbonyl (C=O) groups is 1. The average Bonchev–Trinajstić information content (AvgIpc) is 3.12. The Bertz CT molecular complexity index is 594. The van der Waals surface area contributed by atoms with E-state index in [1.807, 2.05) is 11.0 Å². The van der Waals surface area contributed by atoms with Crippen molar-refractivity contribution in [3.05, 3.63) is 35.6 Å². The van der Waals surface area contributed by atoms with Crippen molar-refractivity contribution in [2.75, 3.05) is 19.7 Å². The van der Waals surface area contributed by atoms with Gasteiger partial charge in [0.25, 0.3) is 0 Å². The highest BCUT2D eigenvalue weighted by Crippen LogP contribution is 2.34. The summed E-state index contributed by atoms with van der Waals surface area (Å²) < 4.78 is 19.5. The molecule has 4 rings (SSSR count). The van der Waals surface area contributed by atoms with Gasteiger partial charge < -0.3 is 9.64 Å². The van der Waals surface area contributed by atoms with Crippen LogP contribution in [0.15, 0.2) is 24.3 Å². The van der Waals surface area contributed by atoms with Crippen LogP contribution in [0.3, 0.4) is 0 Å². The van der Waals surface area contributed by atoms with Gasteiger partial charge in [0.15, 0.2) is 0 Å². The van der Waals surface area contributed by atoms with Gasteiger partial charge in [-0.05, 0) is 37.0 Å². The van der Waals surface area contributed by atoms with Gasteiger partial charge in [-0.1, -0.05) is 12.1 Å². The maximum atomic E-state index is 13.5. The molecule has 3 aliphatic heterocycles. The first-order valence-corrected chi connectivity index (χ1v) is 8.62.